The van der Waals surface area contributed by atoms with Crippen molar-refractivity contribution in [3.63, 3.8) is 0 Å². The van der Waals surface area contributed by atoms with Crippen LogP contribution in [0.3, 0.4) is 0 Å². The number of aliphatic hydroxyl groups excluding tert-OH is 1. The van der Waals surface area contributed by atoms with Crippen molar-refractivity contribution in [1.29, 1.82) is 0 Å². The third-order valence-electron chi connectivity index (χ3n) is 5.30. The number of hydrogen-bond acceptors (Lipinski definition) is 7. The van der Waals surface area contributed by atoms with Crippen molar-refractivity contribution < 1.29 is 107 Å². The maximum absolute atomic E-state index is 14.4. The van der Waals surface area contributed by atoms with Gasteiger partial charge >= 0.3 is 53.5 Å². The van der Waals surface area contributed by atoms with Crippen LogP contribution < -0.4 is 0 Å². The van der Waals surface area contributed by atoms with E-state index in [4.69, 9.17) is 21.5 Å². The normalized spacial score (nSPS) is 14.0. The average molecular weight is 943 g/mol. The van der Waals surface area contributed by atoms with Crippen LogP contribution in [-0.4, -0.2) is 82.9 Å². The molecule has 7 nitrogen and oxygen atoms in total. The van der Waals surface area contributed by atoms with Crippen molar-refractivity contribution >= 4 is 33.8 Å². The summed E-state index contributed by atoms with van der Waals surface area (Å²) in [5.74, 6) is -12.2. The standard InChI is InChI=1S/C20H39F9O6Si4.C3F6O.5CH4.F2/c1-36(2,3)33-38(6,7)35-39(8,34-37(4,5)13-9-11-30)14-10-12-31-15-18(24,20(27,28)29)32-19(25,26)16(21)17(22)23;4-1(2(5)6)3(7,8)10-9;;;;;;1-2/h30H,9-15H2,1-8H3;;5*1H4;. The van der Waals surface area contributed by atoms with Gasteiger partial charge in [-0.1, -0.05) is 37.1 Å². The average Bonchev–Trinajstić information content (AvgIpc) is 2.93. The molecule has 0 rings (SSSR count). The monoisotopic (exact) mass is 942 g/mol. The molecule has 0 heterocycles. The second-order valence-electron chi connectivity index (χ2n) is 12.3. The first kappa shape index (κ1) is 72.5. The van der Waals surface area contributed by atoms with E-state index in [0.717, 1.165) is 0 Å². The summed E-state index contributed by atoms with van der Waals surface area (Å²) >= 11 is 0. The molecule has 0 saturated heterocycles. The predicted octanol–water partition coefficient (Wildman–Crippen LogP) is 14.1. The molecule has 2 atom stereocenters. The summed E-state index contributed by atoms with van der Waals surface area (Å²) in [5, 5.41) is 9.19. The molecule has 0 spiro atoms. The molecule has 0 bridgehead atoms. The van der Waals surface area contributed by atoms with Gasteiger partial charge in [-0.25, -0.2) is 0 Å². The minimum atomic E-state index is -6.16. The number of halogens is 17. The zero-order chi connectivity index (χ0) is 41.5. The van der Waals surface area contributed by atoms with Crippen LogP contribution in [0.15, 0.2) is 23.8 Å². The summed E-state index contributed by atoms with van der Waals surface area (Å²) in [4.78, 5) is 1.61. The lowest BCUT2D eigenvalue weighted by molar-refractivity contribution is -0.412. The Morgan fingerprint density at radius 2 is 1.00 bits per heavy atom. The van der Waals surface area contributed by atoms with E-state index in [1.165, 1.54) is 0 Å². The molecule has 0 aliphatic carbocycles. The van der Waals surface area contributed by atoms with Crippen molar-refractivity contribution in [2.24, 2.45) is 0 Å². The lowest BCUT2D eigenvalue weighted by Gasteiger charge is -2.42. The smallest absolute Gasteiger partial charge is 0.437 e. The number of rotatable bonds is 20. The van der Waals surface area contributed by atoms with Gasteiger partial charge in [-0.2, -0.15) is 61.5 Å². The zero-order valence-corrected chi connectivity index (χ0v) is 32.3. The third kappa shape index (κ3) is 29.1. The van der Waals surface area contributed by atoms with Crippen molar-refractivity contribution in [3.05, 3.63) is 23.8 Å². The molecular formula is C28H59F17O7Si4. The maximum atomic E-state index is 14.4. The van der Waals surface area contributed by atoms with Gasteiger partial charge in [0, 0.05) is 22.4 Å². The predicted molar refractivity (Wildman–Crippen MR) is 190 cm³/mol. The summed E-state index contributed by atoms with van der Waals surface area (Å²) in [7, 11) is -10.3. The van der Waals surface area contributed by atoms with Gasteiger partial charge in [0.15, 0.2) is 16.6 Å². The van der Waals surface area contributed by atoms with Crippen LogP contribution in [0, 0.1) is 0 Å². The number of hydrogen-bond donors (Lipinski definition) is 1. The molecule has 0 radical (unpaired) electrons. The van der Waals surface area contributed by atoms with Crippen molar-refractivity contribution in [3.8, 4) is 0 Å². The molecule has 0 aliphatic heterocycles. The fourth-order valence-corrected chi connectivity index (χ4v) is 22.7. The van der Waals surface area contributed by atoms with Crippen molar-refractivity contribution in [2.45, 2.75) is 139 Å². The van der Waals surface area contributed by atoms with Crippen LogP contribution in [0.25, 0.3) is 0 Å². The summed E-state index contributed by atoms with van der Waals surface area (Å²) in [6.07, 6.45) is -23.8. The quantitative estimate of drug-likeness (QED) is 0.0740. The fraction of sp³-hybridized carbons (Fsp3) is 0.857. The number of aliphatic hydroxyl groups is 1. The van der Waals surface area contributed by atoms with E-state index in [1.54, 1.807) is 11.5 Å². The van der Waals surface area contributed by atoms with E-state index in [1.807, 2.05) is 45.8 Å². The molecule has 0 fully saturated rings. The van der Waals surface area contributed by atoms with Crippen molar-refractivity contribution in [2.75, 3.05) is 19.8 Å². The van der Waals surface area contributed by atoms with Gasteiger partial charge < -0.3 is 22.2 Å². The second kappa shape index (κ2) is 29.2. The maximum Gasteiger partial charge on any atom is 0.451 e. The first-order chi connectivity index (χ1) is 22.6. The fourth-order valence-electron chi connectivity index (χ4n) is 3.91. The Kier molecular flexibility index (Phi) is 37.7. The summed E-state index contributed by atoms with van der Waals surface area (Å²) < 4.78 is 226. The van der Waals surface area contributed by atoms with Gasteiger partial charge in [-0.3, -0.25) is 4.74 Å². The Morgan fingerprint density at radius 3 is 1.32 bits per heavy atom. The third-order valence-corrected chi connectivity index (χ3v) is 20.2. The Labute approximate surface area is 323 Å². The highest BCUT2D eigenvalue weighted by Gasteiger charge is 2.64. The van der Waals surface area contributed by atoms with Crippen LogP contribution in [0.5, 0.6) is 0 Å². The highest BCUT2D eigenvalue weighted by atomic mass is 28.5. The van der Waals surface area contributed by atoms with E-state index in [9.17, 15) is 71.1 Å². The summed E-state index contributed by atoms with van der Waals surface area (Å²) in [6, 6.07) is 0.732. The lowest BCUT2D eigenvalue weighted by atomic mass is 10.3. The Bertz CT molecular complexity index is 1090. The Hall–Kier alpha value is -1.12. The first-order valence-electron chi connectivity index (χ1n) is 14.0. The molecule has 0 aromatic carbocycles. The van der Waals surface area contributed by atoms with Crippen LogP contribution in [0.2, 0.25) is 64.5 Å². The van der Waals surface area contributed by atoms with Crippen LogP contribution in [0.4, 0.5) is 75.1 Å². The molecule has 1 N–H and O–H groups in total. The summed E-state index contributed by atoms with van der Waals surface area (Å²) in [6.45, 7) is 12.3. The highest BCUT2D eigenvalue weighted by molar-refractivity contribution is 6.89. The SMILES string of the molecule is C.C.C.C.C.C[Si](C)(C)O[Si](C)(C)O[Si](C)(CCCOCC(F)(OC(F)(F)C(F)=C(F)F)C(F)(F)F)O[Si](C)(C)CCCO.FF.FOC(F)(F)C(F)=C(F)F. The first-order valence-corrected chi connectivity index (χ1v) is 25.8. The van der Waals surface area contributed by atoms with Crippen LogP contribution in [-0.2, 0) is 26.8 Å². The van der Waals surface area contributed by atoms with Crippen LogP contribution >= 0.6 is 0 Å². The van der Waals surface area contributed by atoms with E-state index in [0.29, 0.717) is 12.5 Å². The minimum absolute atomic E-state index is 0. The van der Waals surface area contributed by atoms with E-state index < -0.39 is 95.0 Å². The van der Waals surface area contributed by atoms with Gasteiger partial charge in [-0.15, -0.1) is 4.94 Å². The molecule has 0 aromatic heterocycles. The summed E-state index contributed by atoms with van der Waals surface area (Å²) in [5.41, 5.74) is 0. The largest absolute Gasteiger partial charge is 0.451 e. The molecule has 2 unspecified atom stereocenters. The highest BCUT2D eigenvalue weighted by Crippen LogP contribution is 2.43. The van der Waals surface area contributed by atoms with E-state index in [-0.39, 0.29) is 56.2 Å². The zero-order valence-electron chi connectivity index (χ0n) is 28.3. The van der Waals surface area contributed by atoms with E-state index in [2.05, 4.69) is 9.47 Å². The molecule has 0 saturated carbocycles. The van der Waals surface area contributed by atoms with Gasteiger partial charge in [-0.05, 0) is 81.8 Å². The Morgan fingerprint density at radius 1 is 0.589 bits per heavy atom. The number of alkyl halides is 8. The van der Waals surface area contributed by atoms with Gasteiger partial charge in [0.25, 0.3) is 11.7 Å². The molecule has 0 amide bonds. The van der Waals surface area contributed by atoms with Crippen molar-refractivity contribution in [1.82, 2.24) is 0 Å². The Balaban J connectivity index is -0.000000196. The molecule has 348 valence electrons. The molecular weight excluding hydrogens is 884 g/mol. The topological polar surface area (TPSA) is 75.6 Å². The van der Waals surface area contributed by atoms with Crippen LogP contribution in [0.1, 0.15) is 50.0 Å². The van der Waals surface area contributed by atoms with Gasteiger partial charge in [0.2, 0.25) is 0 Å². The van der Waals surface area contributed by atoms with Gasteiger partial charge in [0.1, 0.15) is 6.61 Å². The molecule has 28 heteroatoms. The molecule has 0 aromatic rings. The van der Waals surface area contributed by atoms with Gasteiger partial charge in [0.05, 0.1) is 0 Å². The number of ether oxygens (including phenoxy) is 2. The lowest BCUT2D eigenvalue weighted by Crippen LogP contribution is -2.57. The second-order valence-corrected chi connectivity index (χ2v) is 28.5. The molecule has 0 aliphatic rings. The van der Waals surface area contributed by atoms with E-state index >= 15 is 0 Å². The molecule has 56 heavy (non-hydrogen) atoms. The minimum Gasteiger partial charge on any atom is -0.437 e.